The zero-order chi connectivity index (χ0) is 6.41. The molecule has 3 nitrogen and oxygen atoms in total. The fraction of sp³-hybridized carbons (Fsp3) is 0.800. The summed E-state index contributed by atoms with van der Waals surface area (Å²) in [6.45, 7) is 2.52. The van der Waals surface area contributed by atoms with Crippen molar-refractivity contribution >= 4 is 5.71 Å². The fourth-order valence-corrected chi connectivity index (χ4v) is 0.410. The lowest BCUT2D eigenvalue weighted by atomic mass is 10.3. The molecule has 0 aliphatic heterocycles. The van der Waals surface area contributed by atoms with Crippen LogP contribution >= 0.6 is 0 Å². The molecule has 0 spiro atoms. The fourth-order valence-electron chi connectivity index (χ4n) is 0.410. The van der Waals surface area contributed by atoms with Crippen LogP contribution in [-0.4, -0.2) is 19.4 Å². The minimum Gasteiger partial charge on any atom is -0.399 e. The molecule has 0 radical (unpaired) electrons. The maximum atomic E-state index is 5.22. The van der Waals surface area contributed by atoms with Crippen LogP contribution < -0.4 is 5.73 Å². The molecule has 0 saturated carbocycles. The van der Waals surface area contributed by atoms with Crippen LogP contribution in [0, 0.1) is 0 Å². The predicted octanol–water partition coefficient (Wildman–Crippen LogP) is 0.358. The third-order valence-electron chi connectivity index (χ3n) is 0.753. The van der Waals surface area contributed by atoms with E-state index in [-0.39, 0.29) is 0 Å². The van der Waals surface area contributed by atoms with E-state index in [9.17, 15) is 0 Å². The minimum absolute atomic E-state index is 0.638. The van der Waals surface area contributed by atoms with Gasteiger partial charge in [0.05, 0.1) is 5.71 Å². The summed E-state index contributed by atoms with van der Waals surface area (Å²) < 4.78 is 0. The highest BCUT2D eigenvalue weighted by Crippen LogP contribution is 1.82. The van der Waals surface area contributed by atoms with Crippen molar-refractivity contribution < 1.29 is 4.84 Å². The van der Waals surface area contributed by atoms with Crippen molar-refractivity contribution in [2.75, 3.05) is 13.7 Å². The highest BCUT2D eigenvalue weighted by Gasteiger charge is 1.85. The SMILES string of the molecule is CO/N=C(/C)CCN. The van der Waals surface area contributed by atoms with Gasteiger partial charge in [-0.1, -0.05) is 5.16 Å². The van der Waals surface area contributed by atoms with Crippen LogP contribution in [0.5, 0.6) is 0 Å². The lowest BCUT2D eigenvalue weighted by Gasteiger charge is -1.92. The number of hydrogen-bond donors (Lipinski definition) is 1. The average molecular weight is 116 g/mol. The van der Waals surface area contributed by atoms with Crippen LogP contribution in [0.2, 0.25) is 0 Å². The number of oxime groups is 1. The molecular weight excluding hydrogens is 104 g/mol. The van der Waals surface area contributed by atoms with Gasteiger partial charge >= 0.3 is 0 Å². The molecule has 0 rings (SSSR count). The maximum absolute atomic E-state index is 5.22. The maximum Gasteiger partial charge on any atom is 0.106 e. The van der Waals surface area contributed by atoms with Crippen molar-refractivity contribution in [2.24, 2.45) is 10.9 Å². The summed E-state index contributed by atoms with van der Waals surface area (Å²) in [5.41, 5.74) is 6.16. The van der Waals surface area contributed by atoms with Crippen molar-refractivity contribution in [1.82, 2.24) is 0 Å². The normalized spacial score (nSPS) is 11.6. The smallest absolute Gasteiger partial charge is 0.106 e. The van der Waals surface area contributed by atoms with E-state index in [1.165, 1.54) is 7.11 Å². The van der Waals surface area contributed by atoms with E-state index < -0.39 is 0 Å². The summed E-state index contributed by atoms with van der Waals surface area (Å²) in [6.07, 6.45) is 0.813. The van der Waals surface area contributed by atoms with Crippen molar-refractivity contribution in [3.63, 3.8) is 0 Å². The first kappa shape index (κ1) is 7.43. The Morgan fingerprint density at radius 2 is 2.38 bits per heavy atom. The lowest BCUT2D eigenvalue weighted by Crippen LogP contribution is -2.04. The van der Waals surface area contributed by atoms with Crippen molar-refractivity contribution in [3.05, 3.63) is 0 Å². The summed E-state index contributed by atoms with van der Waals surface area (Å²) >= 11 is 0. The van der Waals surface area contributed by atoms with Gasteiger partial charge in [-0.25, -0.2) is 0 Å². The van der Waals surface area contributed by atoms with E-state index in [1.807, 2.05) is 6.92 Å². The second-order valence-corrected chi connectivity index (χ2v) is 1.55. The molecule has 0 bridgehead atoms. The summed E-state index contributed by atoms with van der Waals surface area (Å²) in [6, 6.07) is 0. The predicted molar refractivity (Wildman–Crippen MR) is 33.8 cm³/mol. The van der Waals surface area contributed by atoms with Gasteiger partial charge in [-0.2, -0.15) is 0 Å². The van der Waals surface area contributed by atoms with Crippen LogP contribution in [0.4, 0.5) is 0 Å². The summed E-state index contributed by atoms with van der Waals surface area (Å²) in [5, 5.41) is 3.65. The van der Waals surface area contributed by atoms with Crippen molar-refractivity contribution in [2.45, 2.75) is 13.3 Å². The third kappa shape index (κ3) is 3.61. The Bertz CT molecular complexity index is 80.5. The van der Waals surface area contributed by atoms with Crippen molar-refractivity contribution in [3.8, 4) is 0 Å². The van der Waals surface area contributed by atoms with Crippen LogP contribution in [0.25, 0.3) is 0 Å². The molecular formula is C5H12N2O. The van der Waals surface area contributed by atoms with Gasteiger partial charge in [-0.15, -0.1) is 0 Å². The summed E-state index contributed by atoms with van der Waals surface area (Å²) in [7, 11) is 1.53. The van der Waals surface area contributed by atoms with Crippen molar-refractivity contribution in [1.29, 1.82) is 0 Å². The molecule has 0 amide bonds. The van der Waals surface area contributed by atoms with Gasteiger partial charge < -0.3 is 10.6 Å². The minimum atomic E-state index is 0.638. The molecule has 3 heteroatoms. The summed E-state index contributed by atoms with van der Waals surface area (Å²) in [5.74, 6) is 0. The second-order valence-electron chi connectivity index (χ2n) is 1.55. The van der Waals surface area contributed by atoms with Crippen LogP contribution in [0.3, 0.4) is 0 Å². The monoisotopic (exact) mass is 116 g/mol. The van der Waals surface area contributed by atoms with Gasteiger partial charge in [0.25, 0.3) is 0 Å². The molecule has 0 fully saturated rings. The van der Waals surface area contributed by atoms with Crippen LogP contribution in [0.1, 0.15) is 13.3 Å². The highest BCUT2D eigenvalue weighted by molar-refractivity contribution is 5.81. The molecule has 0 saturated heterocycles. The van der Waals surface area contributed by atoms with E-state index in [0.717, 1.165) is 12.1 Å². The lowest BCUT2D eigenvalue weighted by molar-refractivity contribution is 0.212. The van der Waals surface area contributed by atoms with Gasteiger partial charge in [0, 0.05) is 6.42 Å². The molecule has 0 aromatic heterocycles. The van der Waals surface area contributed by atoms with Gasteiger partial charge in [-0.05, 0) is 13.5 Å². The Kier molecular flexibility index (Phi) is 4.26. The van der Waals surface area contributed by atoms with E-state index in [4.69, 9.17) is 5.73 Å². The molecule has 0 heterocycles. The first-order valence-corrected chi connectivity index (χ1v) is 2.58. The van der Waals surface area contributed by atoms with E-state index in [1.54, 1.807) is 0 Å². The largest absolute Gasteiger partial charge is 0.399 e. The second kappa shape index (κ2) is 4.59. The van der Waals surface area contributed by atoms with Gasteiger partial charge in [0.2, 0.25) is 0 Å². The molecule has 8 heavy (non-hydrogen) atoms. The summed E-state index contributed by atoms with van der Waals surface area (Å²) in [4.78, 5) is 4.49. The van der Waals surface area contributed by atoms with Gasteiger partial charge in [-0.3, -0.25) is 0 Å². The molecule has 48 valence electrons. The third-order valence-corrected chi connectivity index (χ3v) is 0.753. The molecule has 2 N–H and O–H groups in total. The Morgan fingerprint density at radius 1 is 1.75 bits per heavy atom. The first-order valence-electron chi connectivity index (χ1n) is 2.58. The Labute approximate surface area is 49.5 Å². The van der Waals surface area contributed by atoms with E-state index in [0.29, 0.717) is 6.54 Å². The first-order chi connectivity index (χ1) is 3.81. The Hall–Kier alpha value is -0.570. The van der Waals surface area contributed by atoms with E-state index >= 15 is 0 Å². The molecule has 0 atom stereocenters. The standard InChI is InChI=1S/C5H12N2O/c1-5(3-4-6)7-8-2/h3-4,6H2,1-2H3/b7-5-. The number of nitrogens with two attached hydrogens (primary N) is 1. The number of hydrogen-bond acceptors (Lipinski definition) is 3. The average Bonchev–Trinajstić information content (AvgIpc) is 1.68. The number of rotatable bonds is 3. The Balaban J connectivity index is 3.29. The van der Waals surface area contributed by atoms with Crippen LogP contribution in [0.15, 0.2) is 5.16 Å². The number of nitrogens with zero attached hydrogens (tertiary/aromatic N) is 1. The highest BCUT2D eigenvalue weighted by atomic mass is 16.6. The quantitative estimate of drug-likeness (QED) is 0.427. The zero-order valence-electron chi connectivity index (χ0n) is 5.35. The molecule has 0 aromatic carbocycles. The van der Waals surface area contributed by atoms with Gasteiger partial charge in [0.1, 0.15) is 7.11 Å². The molecule has 0 unspecified atom stereocenters. The van der Waals surface area contributed by atoms with Gasteiger partial charge in [0.15, 0.2) is 0 Å². The Morgan fingerprint density at radius 3 is 2.75 bits per heavy atom. The topological polar surface area (TPSA) is 47.6 Å². The van der Waals surface area contributed by atoms with E-state index in [2.05, 4.69) is 9.99 Å². The molecule has 0 aliphatic carbocycles. The van der Waals surface area contributed by atoms with Crippen LogP contribution in [-0.2, 0) is 4.84 Å². The molecule has 0 aliphatic rings. The molecule has 0 aromatic rings. The zero-order valence-corrected chi connectivity index (χ0v) is 5.35.